The van der Waals surface area contributed by atoms with Crippen LogP contribution in [-0.4, -0.2) is 18.7 Å². The molecule has 2 aromatic rings. The number of unbranched alkanes of at least 4 members (excludes halogenated alkanes) is 1. The third kappa shape index (κ3) is 7.48. The molecule has 0 fully saturated rings. The Bertz CT molecular complexity index is 692. The van der Waals surface area contributed by atoms with Crippen LogP contribution in [0, 0.1) is 0 Å². The molecule has 0 unspecified atom stereocenters. The number of nitrogens with zero attached hydrogens (tertiary/aromatic N) is 1. The second-order valence-electron chi connectivity index (χ2n) is 5.62. The molecule has 1 amide bonds. The van der Waals surface area contributed by atoms with Crippen molar-refractivity contribution in [2.24, 2.45) is 5.10 Å². The highest BCUT2D eigenvalue weighted by Crippen LogP contribution is 2.13. The van der Waals surface area contributed by atoms with Crippen molar-refractivity contribution in [2.45, 2.75) is 26.2 Å². The smallest absolute Gasteiger partial charge is 0.277 e. The molecule has 1 N–H and O–H groups in total. The first-order chi connectivity index (χ1) is 12.3. The minimum absolute atomic E-state index is 0.0615. The number of nitrogens with one attached hydrogen (secondary N) is 1. The fourth-order valence-corrected chi connectivity index (χ4v) is 2.18. The lowest BCUT2D eigenvalue weighted by Crippen LogP contribution is -2.24. The van der Waals surface area contributed by atoms with Gasteiger partial charge in [-0.2, -0.15) is 5.10 Å². The average molecular weight is 336 g/mol. The molecule has 130 valence electrons. The maximum atomic E-state index is 11.7. The van der Waals surface area contributed by atoms with E-state index in [2.05, 4.69) is 17.5 Å². The zero-order valence-electron chi connectivity index (χ0n) is 14.5. The van der Waals surface area contributed by atoms with E-state index in [1.165, 1.54) is 24.6 Å². The lowest BCUT2D eigenvalue weighted by atomic mass is 10.1. The molecule has 0 atom stereocenters. The number of hydrogen-bond acceptors (Lipinski definition) is 3. The van der Waals surface area contributed by atoms with Crippen LogP contribution in [0.3, 0.4) is 0 Å². The highest BCUT2D eigenvalue weighted by Gasteiger charge is 2.01. The van der Waals surface area contributed by atoms with Crippen LogP contribution in [0.2, 0.25) is 0 Å². The Morgan fingerprint density at radius 3 is 2.60 bits per heavy atom. The number of ether oxygens (including phenoxy) is 1. The summed E-state index contributed by atoms with van der Waals surface area (Å²) in [4.78, 5) is 11.7. The molecule has 0 bridgehead atoms. The van der Waals surface area contributed by atoms with Crippen molar-refractivity contribution < 1.29 is 9.53 Å². The lowest BCUT2D eigenvalue weighted by molar-refractivity contribution is -0.123. The van der Waals surface area contributed by atoms with Crippen LogP contribution in [0.4, 0.5) is 0 Å². The predicted octanol–water partition coefficient (Wildman–Crippen LogP) is 4.22. The zero-order valence-corrected chi connectivity index (χ0v) is 14.5. The number of hydrazone groups is 1. The summed E-state index contributed by atoms with van der Waals surface area (Å²) in [6.45, 7) is 2.12. The van der Waals surface area contributed by atoms with Gasteiger partial charge in [0.25, 0.3) is 5.91 Å². The summed E-state index contributed by atoms with van der Waals surface area (Å²) in [6.07, 6.45) is 8.65. The molecule has 2 aromatic carbocycles. The van der Waals surface area contributed by atoms with Crippen LogP contribution in [0.15, 0.2) is 65.8 Å². The topological polar surface area (TPSA) is 50.7 Å². The maximum absolute atomic E-state index is 11.7. The molecule has 0 aromatic heterocycles. The van der Waals surface area contributed by atoms with Crippen molar-refractivity contribution in [1.29, 1.82) is 0 Å². The van der Waals surface area contributed by atoms with Gasteiger partial charge in [-0.15, -0.1) is 0 Å². The van der Waals surface area contributed by atoms with Gasteiger partial charge in [-0.3, -0.25) is 4.79 Å². The van der Waals surface area contributed by atoms with Gasteiger partial charge in [0, 0.05) is 6.21 Å². The third-order valence-electron chi connectivity index (χ3n) is 3.55. The van der Waals surface area contributed by atoms with Crippen LogP contribution in [0.1, 0.15) is 30.9 Å². The van der Waals surface area contributed by atoms with Gasteiger partial charge in [0.2, 0.25) is 0 Å². The largest absolute Gasteiger partial charge is 0.484 e. The summed E-state index contributed by atoms with van der Waals surface area (Å²) < 4.78 is 5.45. The van der Waals surface area contributed by atoms with Crippen LogP contribution in [0.25, 0.3) is 6.08 Å². The normalized spacial score (nSPS) is 11.1. The first-order valence-electron chi connectivity index (χ1n) is 8.53. The third-order valence-corrected chi connectivity index (χ3v) is 3.55. The van der Waals surface area contributed by atoms with Gasteiger partial charge < -0.3 is 4.74 Å². The van der Waals surface area contributed by atoms with Crippen molar-refractivity contribution in [3.8, 4) is 5.75 Å². The Hall–Kier alpha value is -2.88. The highest BCUT2D eigenvalue weighted by atomic mass is 16.5. The van der Waals surface area contributed by atoms with Crippen molar-refractivity contribution >= 4 is 18.2 Å². The maximum Gasteiger partial charge on any atom is 0.277 e. The van der Waals surface area contributed by atoms with Crippen LogP contribution < -0.4 is 10.2 Å². The van der Waals surface area contributed by atoms with Crippen LogP contribution in [-0.2, 0) is 11.2 Å². The second kappa shape index (κ2) is 10.8. The molecule has 0 aliphatic rings. The number of allylic oxidation sites excluding steroid dienone is 1. The summed E-state index contributed by atoms with van der Waals surface area (Å²) in [5, 5.41) is 3.86. The fraction of sp³-hybridized carbons (Fsp3) is 0.238. The fourth-order valence-electron chi connectivity index (χ4n) is 2.18. The van der Waals surface area contributed by atoms with E-state index >= 15 is 0 Å². The van der Waals surface area contributed by atoms with E-state index in [0.717, 1.165) is 12.0 Å². The van der Waals surface area contributed by atoms with Gasteiger partial charge >= 0.3 is 0 Å². The Morgan fingerprint density at radius 2 is 1.88 bits per heavy atom. The average Bonchev–Trinajstić information content (AvgIpc) is 2.66. The Balaban J connectivity index is 1.68. The van der Waals surface area contributed by atoms with Crippen molar-refractivity contribution in [3.05, 3.63) is 71.8 Å². The number of carbonyl (C=O) groups excluding carboxylic acids is 1. The number of aryl methyl sites for hydroxylation is 1. The minimum atomic E-state index is -0.292. The predicted molar refractivity (Wildman–Crippen MR) is 103 cm³/mol. The van der Waals surface area contributed by atoms with E-state index in [4.69, 9.17) is 4.74 Å². The summed E-state index contributed by atoms with van der Waals surface area (Å²) in [5.41, 5.74) is 4.79. The van der Waals surface area contributed by atoms with Crippen LogP contribution in [0.5, 0.6) is 5.75 Å². The van der Waals surface area contributed by atoms with E-state index in [1.54, 1.807) is 6.08 Å². The van der Waals surface area contributed by atoms with Gasteiger partial charge in [0.15, 0.2) is 6.61 Å². The van der Waals surface area contributed by atoms with Crippen molar-refractivity contribution in [1.82, 2.24) is 5.43 Å². The SMILES string of the molecule is CCCCc1ccc(OCC(=O)NN=C/C=C/c2ccccc2)cc1. The quantitative estimate of drug-likeness (QED) is 0.550. The van der Waals surface area contributed by atoms with Crippen LogP contribution >= 0.6 is 0 Å². The van der Waals surface area contributed by atoms with E-state index in [-0.39, 0.29) is 12.5 Å². The molecule has 0 heterocycles. The minimum Gasteiger partial charge on any atom is -0.484 e. The summed E-state index contributed by atoms with van der Waals surface area (Å²) in [5.74, 6) is 0.391. The monoisotopic (exact) mass is 336 g/mol. The molecule has 0 spiro atoms. The van der Waals surface area contributed by atoms with Gasteiger partial charge in [-0.25, -0.2) is 5.43 Å². The summed E-state index contributed by atoms with van der Waals surface area (Å²) in [6, 6.07) is 17.7. The highest BCUT2D eigenvalue weighted by molar-refractivity contribution is 5.81. The Labute approximate surface area is 149 Å². The number of rotatable bonds is 9. The van der Waals surface area contributed by atoms with E-state index in [0.29, 0.717) is 5.75 Å². The standard InChI is InChI=1S/C21H24N2O2/c1-2-3-8-19-12-14-20(15-13-19)25-17-21(24)23-22-16-7-11-18-9-5-4-6-10-18/h4-7,9-16H,2-3,8,17H2,1H3,(H,23,24)/b11-7+,22-16?. The summed E-state index contributed by atoms with van der Waals surface area (Å²) in [7, 11) is 0. The number of hydrogen-bond donors (Lipinski definition) is 1. The second-order valence-corrected chi connectivity index (χ2v) is 5.62. The molecule has 0 saturated carbocycles. The molecular formula is C21H24N2O2. The van der Waals surface area contributed by atoms with Crippen molar-refractivity contribution in [2.75, 3.05) is 6.61 Å². The summed E-state index contributed by atoms with van der Waals surface area (Å²) >= 11 is 0. The lowest BCUT2D eigenvalue weighted by Gasteiger charge is -2.06. The Kier molecular flexibility index (Phi) is 7.98. The molecule has 0 aliphatic carbocycles. The van der Waals surface area contributed by atoms with E-state index in [9.17, 15) is 4.79 Å². The van der Waals surface area contributed by atoms with Gasteiger partial charge in [-0.05, 0) is 42.2 Å². The molecule has 0 saturated heterocycles. The molecule has 2 rings (SSSR count). The molecule has 25 heavy (non-hydrogen) atoms. The molecule has 0 radical (unpaired) electrons. The molecule has 4 nitrogen and oxygen atoms in total. The van der Waals surface area contributed by atoms with Gasteiger partial charge in [-0.1, -0.05) is 61.9 Å². The molecule has 0 aliphatic heterocycles. The van der Waals surface area contributed by atoms with Gasteiger partial charge in [0.05, 0.1) is 0 Å². The number of carbonyl (C=O) groups is 1. The number of benzene rings is 2. The zero-order chi connectivity index (χ0) is 17.7. The van der Waals surface area contributed by atoms with Gasteiger partial charge in [0.1, 0.15) is 5.75 Å². The molecular weight excluding hydrogens is 312 g/mol. The first-order valence-corrected chi connectivity index (χ1v) is 8.53. The van der Waals surface area contributed by atoms with E-state index in [1.807, 2.05) is 60.7 Å². The van der Waals surface area contributed by atoms with Crippen molar-refractivity contribution in [3.63, 3.8) is 0 Å². The van der Waals surface area contributed by atoms with E-state index < -0.39 is 0 Å². The molecule has 4 heteroatoms. The Morgan fingerprint density at radius 1 is 1.12 bits per heavy atom. The first kappa shape index (κ1) is 18.5. The number of amides is 1.